The molecule has 0 unspecified atom stereocenters. The molecule has 0 spiro atoms. The van der Waals surface area contributed by atoms with E-state index in [0.717, 1.165) is 5.56 Å². The number of rotatable bonds is 3. The lowest BCUT2D eigenvalue weighted by atomic mass is 10.2. The molecule has 110 valence electrons. The Hall–Kier alpha value is -3.15. The molecule has 0 aliphatic heterocycles. The Morgan fingerprint density at radius 3 is 2.50 bits per heavy atom. The minimum atomic E-state index is -1.12. The molecule has 6 nitrogen and oxygen atoms in total. The van der Waals surface area contributed by atoms with Crippen molar-refractivity contribution in [2.45, 2.75) is 0 Å². The Balaban J connectivity index is 2.30. The van der Waals surface area contributed by atoms with E-state index < -0.39 is 11.9 Å². The maximum Gasteiger partial charge on any atom is 0.356 e. The van der Waals surface area contributed by atoms with Crippen LogP contribution in [0, 0.1) is 0 Å². The summed E-state index contributed by atoms with van der Waals surface area (Å²) in [7, 11) is 1.29. The van der Waals surface area contributed by atoms with Gasteiger partial charge in [0.2, 0.25) is 0 Å². The number of carboxylic acids is 1. The Morgan fingerprint density at radius 1 is 1.14 bits per heavy atom. The maximum absolute atomic E-state index is 11.7. The van der Waals surface area contributed by atoms with Crippen LogP contribution >= 0.6 is 0 Å². The van der Waals surface area contributed by atoms with E-state index in [4.69, 9.17) is 4.74 Å². The molecule has 0 fully saturated rings. The molecule has 1 aromatic carbocycles. The highest BCUT2D eigenvalue weighted by molar-refractivity contribution is 5.96. The number of nitrogens with zero attached hydrogens (tertiary/aromatic N) is 2. The number of carbonyl (C=O) groups is 2. The average molecular weight is 296 g/mol. The van der Waals surface area contributed by atoms with Gasteiger partial charge in [0.25, 0.3) is 0 Å². The Labute approximate surface area is 125 Å². The number of hydrogen-bond acceptors (Lipinski definition) is 4. The van der Waals surface area contributed by atoms with Crippen molar-refractivity contribution in [3.63, 3.8) is 0 Å². The quantitative estimate of drug-likeness (QED) is 0.751. The summed E-state index contributed by atoms with van der Waals surface area (Å²) >= 11 is 0. The summed E-state index contributed by atoms with van der Waals surface area (Å²) in [5.41, 5.74) is 1.43. The molecular formula is C16H12N2O4. The fourth-order valence-electron chi connectivity index (χ4n) is 2.27. The van der Waals surface area contributed by atoms with Crippen molar-refractivity contribution in [3.05, 3.63) is 59.9 Å². The van der Waals surface area contributed by atoms with Gasteiger partial charge >= 0.3 is 11.9 Å². The van der Waals surface area contributed by atoms with Gasteiger partial charge in [-0.05, 0) is 12.1 Å². The molecule has 0 aliphatic rings. The van der Waals surface area contributed by atoms with Gasteiger partial charge in [0.1, 0.15) is 5.82 Å². The lowest BCUT2D eigenvalue weighted by molar-refractivity contribution is 0.0599. The predicted octanol–water partition coefficient (Wildman–Crippen LogP) is 2.49. The van der Waals surface area contributed by atoms with Crippen LogP contribution in [0.5, 0.6) is 0 Å². The molecule has 0 saturated carbocycles. The summed E-state index contributed by atoms with van der Waals surface area (Å²) in [6.45, 7) is 0. The Morgan fingerprint density at radius 2 is 1.86 bits per heavy atom. The van der Waals surface area contributed by atoms with Crippen LogP contribution in [0.3, 0.4) is 0 Å². The van der Waals surface area contributed by atoms with E-state index >= 15 is 0 Å². The second kappa shape index (κ2) is 5.33. The van der Waals surface area contributed by atoms with E-state index in [1.54, 1.807) is 10.5 Å². The van der Waals surface area contributed by atoms with E-state index in [2.05, 4.69) is 4.98 Å². The summed E-state index contributed by atoms with van der Waals surface area (Å²) < 4.78 is 6.28. The SMILES string of the molecule is COC(=O)c1ccc2c(C(=O)O)nc(-c3ccccc3)n2c1. The van der Waals surface area contributed by atoms with Gasteiger partial charge in [-0.2, -0.15) is 0 Å². The van der Waals surface area contributed by atoms with Gasteiger partial charge in [0, 0.05) is 11.8 Å². The summed E-state index contributed by atoms with van der Waals surface area (Å²) in [5.74, 6) is -1.16. The van der Waals surface area contributed by atoms with E-state index in [0.29, 0.717) is 16.9 Å². The third-order valence-electron chi connectivity index (χ3n) is 3.29. The second-order valence-corrected chi connectivity index (χ2v) is 4.62. The van der Waals surface area contributed by atoms with Crippen molar-refractivity contribution in [3.8, 4) is 11.4 Å². The maximum atomic E-state index is 11.7. The Bertz CT molecular complexity index is 868. The number of carbonyl (C=O) groups excluding carboxylic acids is 1. The van der Waals surface area contributed by atoms with Gasteiger partial charge in [-0.25, -0.2) is 14.6 Å². The van der Waals surface area contributed by atoms with Gasteiger partial charge in [-0.3, -0.25) is 4.40 Å². The largest absolute Gasteiger partial charge is 0.476 e. The standard InChI is InChI=1S/C16H12N2O4/c1-22-16(21)11-7-8-12-13(15(19)20)17-14(18(12)9-11)10-5-3-2-4-6-10/h2-9H,1H3,(H,19,20). The molecule has 0 aliphatic carbocycles. The van der Waals surface area contributed by atoms with E-state index in [1.807, 2.05) is 30.3 Å². The minimum absolute atomic E-state index is 0.0599. The summed E-state index contributed by atoms with van der Waals surface area (Å²) in [4.78, 5) is 27.2. The number of methoxy groups -OCH3 is 1. The summed E-state index contributed by atoms with van der Waals surface area (Å²) in [6, 6.07) is 12.2. The highest BCUT2D eigenvalue weighted by Crippen LogP contribution is 2.23. The number of ether oxygens (including phenoxy) is 1. The molecular weight excluding hydrogens is 284 g/mol. The van der Waals surface area contributed by atoms with Crippen LogP contribution < -0.4 is 0 Å². The zero-order valence-electron chi connectivity index (χ0n) is 11.7. The highest BCUT2D eigenvalue weighted by Gasteiger charge is 2.19. The molecule has 2 heterocycles. The normalized spacial score (nSPS) is 10.6. The molecule has 3 aromatic rings. The van der Waals surface area contributed by atoms with Gasteiger partial charge in [0.15, 0.2) is 5.69 Å². The summed E-state index contributed by atoms with van der Waals surface area (Å²) in [5, 5.41) is 9.30. The fraction of sp³-hybridized carbons (Fsp3) is 0.0625. The number of hydrogen-bond donors (Lipinski definition) is 1. The number of benzene rings is 1. The lowest BCUT2D eigenvalue weighted by Gasteiger charge is -2.04. The van der Waals surface area contributed by atoms with E-state index in [1.165, 1.54) is 19.4 Å². The average Bonchev–Trinajstić information content (AvgIpc) is 2.94. The molecule has 0 atom stereocenters. The zero-order chi connectivity index (χ0) is 15.7. The molecule has 0 amide bonds. The van der Waals surface area contributed by atoms with Gasteiger partial charge in [-0.15, -0.1) is 0 Å². The van der Waals surface area contributed by atoms with Crippen LogP contribution in [0.1, 0.15) is 20.8 Å². The van der Waals surface area contributed by atoms with Crippen molar-refractivity contribution < 1.29 is 19.4 Å². The van der Waals surface area contributed by atoms with Crippen LogP contribution in [-0.2, 0) is 4.74 Å². The molecule has 6 heteroatoms. The molecule has 0 bridgehead atoms. The van der Waals surface area contributed by atoms with Crippen molar-refractivity contribution in [2.75, 3.05) is 7.11 Å². The number of imidazole rings is 1. The number of esters is 1. The van der Waals surface area contributed by atoms with Gasteiger partial charge < -0.3 is 9.84 Å². The summed E-state index contributed by atoms with van der Waals surface area (Å²) in [6.07, 6.45) is 1.53. The number of fused-ring (bicyclic) bond motifs is 1. The van der Waals surface area contributed by atoms with Crippen LogP contribution in [0.2, 0.25) is 0 Å². The van der Waals surface area contributed by atoms with Crippen LogP contribution in [0.25, 0.3) is 16.9 Å². The zero-order valence-corrected chi connectivity index (χ0v) is 11.7. The topological polar surface area (TPSA) is 80.9 Å². The molecule has 3 rings (SSSR count). The molecule has 0 radical (unpaired) electrons. The predicted molar refractivity (Wildman–Crippen MR) is 78.9 cm³/mol. The Kier molecular flexibility index (Phi) is 3.34. The van der Waals surface area contributed by atoms with Crippen LogP contribution in [-0.4, -0.2) is 33.5 Å². The van der Waals surface area contributed by atoms with Crippen molar-refractivity contribution in [1.29, 1.82) is 0 Å². The first-order chi connectivity index (χ1) is 10.6. The number of pyridine rings is 1. The third-order valence-corrected chi connectivity index (χ3v) is 3.29. The van der Waals surface area contributed by atoms with Crippen LogP contribution in [0.4, 0.5) is 0 Å². The lowest BCUT2D eigenvalue weighted by Crippen LogP contribution is -2.03. The first-order valence-electron chi connectivity index (χ1n) is 6.51. The number of carboxylic acid groups (broad SMARTS) is 1. The number of aromatic carboxylic acids is 1. The first-order valence-corrected chi connectivity index (χ1v) is 6.51. The van der Waals surface area contributed by atoms with Crippen molar-refractivity contribution in [2.24, 2.45) is 0 Å². The minimum Gasteiger partial charge on any atom is -0.476 e. The molecule has 0 saturated heterocycles. The van der Waals surface area contributed by atoms with Crippen molar-refractivity contribution >= 4 is 17.5 Å². The monoisotopic (exact) mass is 296 g/mol. The highest BCUT2D eigenvalue weighted by atomic mass is 16.5. The number of aromatic nitrogens is 2. The van der Waals surface area contributed by atoms with E-state index in [-0.39, 0.29) is 5.69 Å². The third kappa shape index (κ3) is 2.20. The molecule has 22 heavy (non-hydrogen) atoms. The molecule has 1 N–H and O–H groups in total. The van der Waals surface area contributed by atoms with Crippen molar-refractivity contribution in [1.82, 2.24) is 9.38 Å². The first kappa shape index (κ1) is 13.8. The molecule has 2 aromatic heterocycles. The van der Waals surface area contributed by atoms with Gasteiger partial charge in [-0.1, -0.05) is 30.3 Å². The second-order valence-electron chi connectivity index (χ2n) is 4.62. The van der Waals surface area contributed by atoms with Gasteiger partial charge in [0.05, 0.1) is 18.2 Å². The smallest absolute Gasteiger partial charge is 0.356 e. The van der Waals surface area contributed by atoms with E-state index in [9.17, 15) is 14.7 Å². The van der Waals surface area contributed by atoms with Crippen LogP contribution in [0.15, 0.2) is 48.7 Å². The fourth-order valence-corrected chi connectivity index (χ4v) is 2.27.